The molecular weight excluding hydrogens is 200 g/mol. The van der Waals surface area contributed by atoms with E-state index in [9.17, 15) is 9.59 Å². The topological polar surface area (TPSA) is 34.1 Å². The molecule has 0 aromatic carbocycles. The molecule has 0 radical (unpaired) electrons. The third-order valence-corrected chi connectivity index (χ3v) is 2.28. The van der Waals surface area contributed by atoms with Crippen molar-refractivity contribution >= 4 is 12.6 Å². The van der Waals surface area contributed by atoms with Crippen LogP contribution >= 0.6 is 0 Å². The average Bonchev–Trinajstić information content (AvgIpc) is 2.25. The molecule has 0 aliphatic heterocycles. The first-order chi connectivity index (χ1) is 7.68. The van der Waals surface area contributed by atoms with Crippen LogP contribution in [-0.4, -0.2) is 12.6 Å². The highest BCUT2D eigenvalue weighted by Gasteiger charge is 1.90. The molecule has 0 spiro atoms. The summed E-state index contributed by atoms with van der Waals surface area (Å²) in [6.45, 7) is 6.51. The van der Waals surface area contributed by atoms with E-state index in [0.717, 1.165) is 44.2 Å². The van der Waals surface area contributed by atoms with Crippen LogP contribution in [0.5, 0.6) is 0 Å². The molecule has 0 fully saturated rings. The SMILES string of the molecule is CC(C)CCCC=O.CCCCCCC=O. The van der Waals surface area contributed by atoms with Crippen LogP contribution in [0.25, 0.3) is 0 Å². The van der Waals surface area contributed by atoms with Gasteiger partial charge in [-0.25, -0.2) is 0 Å². The lowest BCUT2D eigenvalue weighted by Gasteiger charge is -1.98. The minimum Gasteiger partial charge on any atom is -0.303 e. The van der Waals surface area contributed by atoms with Crippen LogP contribution in [0, 0.1) is 5.92 Å². The predicted octanol–water partition coefficient (Wildman–Crippen LogP) is 4.17. The largest absolute Gasteiger partial charge is 0.303 e. The number of carbonyl (C=O) groups excluding carboxylic acids is 2. The maximum atomic E-state index is 9.79. The van der Waals surface area contributed by atoms with Crippen LogP contribution in [-0.2, 0) is 9.59 Å². The van der Waals surface area contributed by atoms with E-state index in [4.69, 9.17) is 0 Å². The van der Waals surface area contributed by atoms with Crippen molar-refractivity contribution < 1.29 is 9.59 Å². The molecule has 0 saturated carbocycles. The molecule has 0 atom stereocenters. The Morgan fingerprint density at radius 1 is 0.875 bits per heavy atom. The highest BCUT2D eigenvalue weighted by atomic mass is 16.1. The van der Waals surface area contributed by atoms with Gasteiger partial charge in [0.05, 0.1) is 0 Å². The van der Waals surface area contributed by atoms with Crippen LogP contribution in [0.1, 0.15) is 72.1 Å². The van der Waals surface area contributed by atoms with Gasteiger partial charge in [-0.1, -0.05) is 46.5 Å². The van der Waals surface area contributed by atoms with Crippen molar-refractivity contribution in [3.63, 3.8) is 0 Å². The van der Waals surface area contributed by atoms with Crippen molar-refractivity contribution in [3.05, 3.63) is 0 Å². The Bertz CT molecular complexity index is 142. The Kier molecular flexibility index (Phi) is 18.6. The summed E-state index contributed by atoms with van der Waals surface area (Å²) in [7, 11) is 0. The molecule has 0 heterocycles. The van der Waals surface area contributed by atoms with E-state index in [2.05, 4.69) is 20.8 Å². The smallest absolute Gasteiger partial charge is 0.119 e. The number of carbonyl (C=O) groups is 2. The molecule has 0 N–H and O–H groups in total. The molecule has 0 amide bonds. The van der Waals surface area contributed by atoms with Gasteiger partial charge in [0.2, 0.25) is 0 Å². The van der Waals surface area contributed by atoms with Gasteiger partial charge in [-0.3, -0.25) is 0 Å². The zero-order chi connectivity index (χ0) is 12.6. The van der Waals surface area contributed by atoms with Crippen molar-refractivity contribution in [1.29, 1.82) is 0 Å². The van der Waals surface area contributed by atoms with E-state index in [1.807, 2.05) is 0 Å². The highest BCUT2D eigenvalue weighted by Crippen LogP contribution is 2.03. The van der Waals surface area contributed by atoms with Gasteiger partial charge >= 0.3 is 0 Å². The second-order valence-electron chi connectivity index (χ2n) is 4.51. The van der Waals surface area contributed by atoms with Gasteiger partial charge in [0.1, 0.15) is 12.6 Å². The Hall–Kier alpha value is -0.660. The summed E-state index contributed by atoms with van der Waals surface area (Å²) in [5.41, 5.74) is 0. The number of hydrogen-bond acceptors (Lipinski definition) is 2. The molecule has 0 saturated heterocycles. The van der Waals surface area contributed by atoms with E-state index >= 15 is 0 Å². The Labute approximate surface area is 101 Å². The number of aldehydes is 2. The summed E-state index contributed by atoms with van der Waals surface area (Å²) in [6, 6.07) is 0. The normalized spacial score (nSPS) is 9.50. The van der Waals surface area contributed by atoms with Crippen LogP contribution in [0.4, 0.5) is 0 Å². The third-order valence-electron chi connectivity index (χ3n) is 2.28. The van der Waals surface area contributed by atoms with Gasteiger partial charge in [-0.15, -0.1) is 0 Å². The fourth-order valence-corrected chi connectivity index (χ4v) is 1.26. The predicted molar refractivity (Wildman–Crippen MR) is 69.6 cm³/mol. The molecule has 0 aliphatic carbocycles. The molecule has 0 rings (SSSR count). The zero-order valence-corrected chi connectivity index (χ0v) is 11.2. The summed E-state index contributed by atoms with van der Waals surface area (Å²) in [5.74, 6) is 0.745. The average molecular weight is 228 g/mol. The zero-order valence-electron chi connectivity index (χ0n) is 11.2. The first kappa shape index (κ1) is 17.7. The standard InChI is InChI=1S/2C7H14O/c1-7(2)5-3-4-6-8;1-2-3-4-5-6-7-8/h6-7H,3-5H2,1-2H3;7H,2-6H2,1H3. The Morgan fingerprint density at radius 2 is 1.44 bits per heavy atom. The van der Waals surface area contributed by atoms with E-state index in [-0.39, 0.29) is 0 Å². The molecule has 96 valence electrons. The quantitative estimate of drug-likeness (QED) is 0.438. The molecule has 2 heteroatoms. The second-order valence-corrected chi connectivity index (χ2v) is 4.51. The van der Waals surface area contributed by atoms with Crippen LogP contribution in [0.2, 0.25) is 0 Å². The van der Waals surface area contributed by atoms with Crippen molar-refractivity contribution in [2.45, 2.75) is 72.1 Å². The molecular formula is C14H28O2. The van der Waals surface area contributed by atoms with Gasteiger partial charge in [0.25, 0.3) is 0 Å². The van der Waals surface area contributed by atoms with E-state index in [1.165, 1.54) is 25.7 Å². The van der Waals surface area contributed by atoms with E-state index in [1.54, 1.807) is 0 Å². The van der Waals surface area contributed by atoms with Gasteiger partial charge in [0.15, 0.2) is 0 Å². The van der Waals surface area contributed by atoms with Crippen molar-refractivity contribution in [3.8, 4) is 0 Å². The van der Waals surface area contributed by atoms with Gasteiger partial charge < -0.3 is 9.59 Å². The first-order valence-electron chi connectivity index (χ1n) is 6.56. The van der Waals surface area contributed by atoms with Crippen LogP contribution < -0.4 is 0 Å². The molecule has 2 nitrogen and oxygen atoms in total. The lowest BCUT2D eigenvalue weighted by Crippen LogP contribution is -1.86. The van der Waals surface area contributed by atoms with Gasteiger partial charge in [-0.05, 0) is 18.8 Å². The summed E-state index contributed by atoms with van der Waals surface area (Å²) < 4.78 is 0. The van der Waals surface area contributed by atoms with Gasteiger partial charge in [-0.2, -0.15) is 0 Å². The first-order valence-corrected chi connectivity index (χ1v) is 6.56. The molecule has 0 aliphatic rings. The molecule has 0 aromatic heterocycles. The van der Waals surface area contributed by atoms with E-state index < -0.39 is 0 Å². The summed E-state index contributed by atoms with van der Waals surface area (Å²) in [5, 5.41) is 0. The summed E-state index contributed by atoms with van der Waals surface area (Å²) in [4.78, 5) is 19.6. The molecule has 0 unspecified atom stereocenters. The fraction of sp³-hybridized carbons (Fsp3) is 0.857. The number of rotatable bonds is 9. The summed E-state index contributed by atoms with van der Waals surface area (Å²) in [6.07, 6.45) is 10.5. The Morgan fingerprint density at radius 3 is 1.88 bits per heavy atom. The lowest BCUT2D eigenvalue weighted by molar-refractivity contribution is -0.108. The fourth-order valence-electron chi connectivity index (χ4n) is 1.26. The van der Waals surface area contributed by atoms with Crippen molar-refractivity contribution in [1.82, 2.24) is 0 Å². The monoisotopic (exact) mass is 228 g/mol. The third kappa shape index (κ3) is 23.3. The summed E-state index contributed by atoms with van der Waals surface area (Å²) >= 11 is 0. The Balaban J connectivity index is 0. The van der Waals surface area contributed by atoms with Crippen LogP contribution in [0.15, 0.2) is 0 Å². The van der Waals surface area contributed by atoms with Gasteiger partial charge in [0, 0.05) is 12.8 Å². The van der Waals surface area contributed by atoms with Crippen LogP contribution in [0.3, 0.4) is 0 Å². The minimum absolute atomic E-state index is 0.734. The van der Waals surface area contributed by atoms with Crippen molar-refractivity contribution in [2.75, 3.05) is 0 Å². The maximum absolute atomic E-state index is 9.79. The molecule has 0 bridgehead atoms. The highest BCUT2D eigenvalue weighted by molar-refractivity contribution is 5.49. The second kappa shape index (κ2) is 16.8. The lowest BCUT2D eigenvalue weighted by atomic mass is 10.1. The number of hydrogen-bond donors (Lipinski definition) is 0. The van der Waals surface area contributed by atoms with Crippen molar-refractivity contribution in [2.24, 2.45) is 5.92 Å². The number of unbranched alkanes of at least 4 members (excludes halogenated alkanes) is 5. The molecule has 0 aromatic rings. The minimum atomic E-state index is 0.734. The van der Waals surface area contributed by atoms with E-state index in [0.29, 0.717) is 0 Å². The molecule has 16 heavy (non-hydrogen) atoms. The maximum Gasteiger partial charge on any atom is 0.119 e.